The molecule has 1 aromatic rings. The molecule has 0 bridgehead atoms. The Hall–Kier alpha value is -1.03. The van der Waals surface area contributed by atoms with Crippen molar-refractivity contribution in [1.82, 2.24) is 0 Å². The molecule has 0 aliphatic heterocycles. The molecule has 3 nitrogen and oxygen atoms in total. The summed E-state index contributed by atoms with van der Waals surface area (Å²) in [6.07, 6.45) is 2.55. The summed E-state index contributed by atoms with van der Waals surface area (Å²) < 4.78 is 5.89. The van der Waals surface area contributed by atoms with Gasteiger partial charge in [-0.25, -0.2) is 4.79 Å². The van der Waals surface area contributed by atoms with Gasteiger partial charge in [0.2, 0.25) is 0 Å². The average Bonchev–Trinajstić information content (AvgIpc) is 3.11. The Morgan fingerprint density at radius 3 is 2.74 bits per heavy atom. The summed E-state index contributed by atoms with van der Waals surface area (Å²) in [5, 5.41) is 3.51. The lowest BCUT2D eigenvalue weighted by Gasteiger charge is -2.22. The van der Waals surface area contributed by atoms with Crippen molar-refractivity contribution in [1.29, 1.82) is 0 Å². The molecule has 4 heteroatoms. The summed E-state index contributed by atoms with van der Waals surface area (Å²) in [7, 11) is 0. The number of esters is 1. The largest absolute Gasteiger partial charge is 0.462 e. The molecule has 1 aliphatic rings. The van der Waals surface area contributed by atoms with Crippen LogP contribution >= 0.6 is 15.9 Å². The van der Waals surface area contributed by atoms with Crippen molar-refractivity contribution in [3.05, 3.63) is 28.2 Å². The Labute approximate surface area is 122 Å². The molecule has 0 amide bonds. The predicted molar refractivity (Wildman–Crippen MR) is 80.5 cm³/mol. The van der Waals surface area contributed by atoms with Crippen LogP contribution in [0.3, 0.4) is 0 Å². The zero-order valence-corrected chi connectivity index (χ0v) is 13.2. The summed E-state index contributed by atoms with van der Waals surface area (Å²) in [6.45, 7) is 6.71. The summed E-state index contributed by atoms with van der Waals surface area (Å²) in [6, 6.07) is 5.96. The molecule has 104 valence electrons. The van der Waals surface area contributed by atoms with E-state index in [9.17, 15) is 4.79 Å². The highest BCUT2D eigenvalue weighted by Gasteiger charge is 2.42. The molecule has 0 aromatic heterocycles. The maximum Gasteiger partial charge on any atom is 0.338 e. The van der Waals surface area contributed by atoms with E-state index in [1.165, 1.54) is 12.8 Å². The number of rotatable bonds is 5. The molecule has 1 aliphatic carbocycles. The van der Waals surface area contributed by atoms with Crippen LogP contribution in [0.25, 0.3) is 0 Å². The molecule has 0 heterocycles. The number of carbonyl (C=O) groups excluding carboxylic acids is 1. The van der Waals surface area contributed by atoms with Gasteiger partial charge in [0.05, 0.1) is 12.2 Å². The number of hydrogen-bond donors (Lipinski definition) is 1. The summed E-state index contributed by atoms with van der Waals surface area (Å²) in [5.41, 5.74) is 2.01. The highest BCUT2D eigenvalue weighted by Crippen LogP contribution is 2.49. The highest BCUT2D eigenvalue weighted by atomic mass is 79.9. The first kappa shape index (κ1) is 14.4. The van der Waals surface area contributed by atoms with Crippen molar-refractivity contribution < 1.29 is 9.53 Å². The SMILES string of the molecule is CCOC(=O)c1ccc(NC(C)C2(C)CC2)c(Br)c1. The van der Waals surface area contributed by atoms with Gasteiger partial charge in [-0.1, -0.05) is 6.92 Å². The van der Waals surface area contributed by atoms with Gasteiger partial charge >= 0.3 is 5.97 Å². The van der Waals surface area contributed by atoms with Crippen LogP contribution in [0, 0.1) is 5.41 Å². The molecular weight excluding hydrogens is 306 g/mol. The number of anilines is 1. The minimum Gasteiger partial charge on any atom is -0.462 e. The van der Waals surface area contributed by atoms with Crippen molar-refractivity contribution in [3.8, 4) is 0 Å². The maximum atomic E-state index is 11.6. The molecular formula is C15H20BrNO2. The van der Waals surface area contributed by atoms with Gasteiger partial charge in [-0.05, 0) is 66.2 Å². The van der Waals surface area contributed by atoms with Crippen LogP contribution in [-0.2, 0) is 4.74 Å². The van der Waals surface area contributed by atoms with Crippen molar-refractivity contribution in [3.63, 3.8) is 0 Å². The number of ether oxygens (including phenoxy) is 1. The summed E-state index contributed by atoms with van der Waals surface area (Å²) >= 11 is 3.51. The first-order valence-electron chi connectivity index (χ1n) is 6.69. The molecule has 0 radical (unpaired) electrons. The molecule has 2 rings (SSSR count). The van der Waals surface area contributed by atoms with E-state index < -0.39 is 0 Å². The van der Waals surface area contributed by atoms with Gasteiger partial charge in [0.15, 0.2) is 0 Å². The van der Waals surface area contributed by atoms with E-state index in [0.717, 1.165) is 10.2 Å². The fraction of sp³-hybridized carbons (Fsp3) is 0.533. The molecule has 1 aromatic carbocycles. The first-order valence-corrected chi connectivity index (χ1v) is 7.49. The fourth-order valence-electron chi connectivity index (χ4n) is 2.01. The van der Waals surface area contributed by atoms with E-state index >= 15 is 0 Å². The third kappa shape index (κ3) is 3.30. The second-order valence-electron chi connectivity index (χ2n) is 5.44. The smallest absolute Gasteiger partial charge is 0.338 e. The van der Waals surface area contributed by atoms with E-state index in [-0.39, 0.29) is 5.97 Å². The fourth-order valence-corrected chi connectivity index (χ4v) is 2.50. The lowest BCUT2D eigenvalue weighted by atomic mass is 10.0. The molecule has 1 N–H and O–H groups in total. The van der Waals surface area contributed by atoms with Crippen molar-refractivity contribution in [2.75, 3.05) is 11.9 Å². The van der Waals surface area contributed by atoms with E-state index in [1.54, 1.807) is 13.0 Å². The van der Waals surface area contributed by atoms with Gasteiger partial charge in [0.25, 0.3) is 0 Å². The van der Waals surface area contributed by atoms with E-state index in [4.69, 9.17) is 4.74 Å². The second-order valence-corrected chi connectivity index (χ2v) is 6.29. The summed E-state index contributed by atoms with van der Waals surface area (Å²) in [4.78, 5) is 11.6. The van der Waals surface area contributed by atoms with Gasteiger partial charge in [-0.2, -0.15) is 0 Å². The molecule has 1 saturated carbocycles. The van der Waals surface area contributed by atoms with E-state index in [2.05, 4.69) is 35.1 Å². The Bertz CT molecular complexity index is 483. The molecule has 1 unspecified atom stereocenters. The lowest BCUT2D eigenvalue weighted by Crippen LogP contribution is -2.25. The summed E-state index contributed by atoms with van der Waals surface area (Å²) in [5.74, 6) is -0.281. The maximum absolute atomic E-state index is 11.6. The topological polar surface area (TPSA) is 38.3 Å². The standard InChI is InChI=1S/C15H20BrNO2/c1-4-19-14(18)11-5-6-13(12(16)9-11)17-10(2)15(3)7-8-15/h5-6,9-10,17H,4,7-8H2,1-3H3. The number of hydrogen-bond acceptors (Lipinski definition) is 3. The van der Waals surface area contributed by atoms with Crippen molar-refractivity contribution in [2.24, 2.45) is 5.41 Å². The molecule has 1 atom stereocenters. The van der Waals surface area contributed by atoms with Gasteiger partial charge in [0, 0.05) is 16.2 Å². The van der Waals surface area contributed by atoms with Gasteiger partial charge < -0.3 is 10.1 Å². The Morgan fingerprint density at radius 1 is 1.53 bits per heavy atom. The Morgan fingerprint density at radius 2 is 2.21 bits per heavy atom. The van der Waals surface area contributed by atoms with E-state index in [1.807, 2.05) is 12.1 Å². The van der Waals surface area contributed by atoms with Gasteiger partial charge in [-0.15, -0.1) is 0 Å². The van der Waals surface area contributed by atoms with Crippen molar-refractivity contribution >= 4 is 27.6 Å². The van der Waals surface area contributed by atoms with Crippen LogP contribution < -0.4 is 5.32 Å². The molecule has 0 spiro atoms. The lowest BCUT2D eigenvalue weighted by molar-refractivity contribution is 0.0526. The normalized spacial score (nSPS) is 17.7. The Balaban J connectivity index is 2.08. The molecule has 0 saturated heterocycles. The monoisotopic (exact) mass is 325 g/mol. The third-order valence-corrected chi connectivity index (χ3v) is 4.59. The van der Waals surface area contributed by atoms with Crippen LogP contribution in [-0.4, -0.2) is 18.6 Å². The predicted octanol–water partition coefficient (Wildman–Crippen LogP) is 4.23. The van der Waals surface area contributed by atoms with Crippen LogP contribution in [0.1, 0.15) is 44.0 Å². The number of carbonyl (C=O) groups is 1. The van der Waals surface area contributed by atoms with Crippen LogP contribution in [0.4, 0.5) is 5.69 Å². The van der Waals surface area contributed by atoms with Crippen LogP contribution in [0.5, 0.6) is 0 Å². The Kier molecular flexibility index (Phi) is 4.19. The highest BCUT2D eigenvalue weighted by molar-refractivity contribution is 9.10. The van der Waals surface area contributed by atoms with Crippen LogP contribution in [0.15, 0.2) is 22.7 Å². The zero-order chi connectivity index (χ0) is 14.0. The quantitative estimate of drug-likeness (QED) is 0.823. The second kappa shape index (κ2) is 5.53. The van der Waals surface area contributed by atoms with Gasteiger partial charge in [0.1, 0.15) is 0 Å². The molecule has 1 fully saturated rings. The number of nitrogens with one attached hydrogen (secondary N) is 1. The van der Waals surface area contributed by atoms with Gasteiger partial charge in [-0.3, -0.25) is 0 Å². The van der Waals surface area contributed by atoms with Crippen LogP contribution in [0.2, 0.25) is 0 Å². The third-order valence-electron chi connectivity index (χ3n) is 3.94. The van der Waals surface area contributed by atoms with E-state index in [0.29, 0.717) is 23.6 Å². The minimum absolute atomic E-state index is 0.281. The van der Waals surface area contributed by atoms with Crippen molar-refractivity contribution in [2.45, 2.75) is 39.7 Å². The average molecular weight is 326 g/mol. The zero-order valence-electron chi connectivity index (χ0n) is 11.6. The molecule has 19 heavy (non-hydrogen) atoms. The number of halogens is 1. The minimum atomic E-state index is -0.281. The first-order chi connectivity index (χ1) is 8.96. The number of benzene rings is 1.